The van der Waals surface area contributed by atoms with E-state index in [0.717, 1.165) is 4.90 Å². The van der Waals surface area contributed by atoms with E-state index in [4.69, 9.17) is 11.6 Å². The summed E-state index contributed by atoms with van der Waals surface area (Å²) in [6, 6.07) is 10.3. The van der Waals surface area contributed by atoms with Gasteiger partial charge in [-0.05, 0) is 43.2 Å². The van der Waals surface area contributed by atoms with Crippen LogP contribution in [0, 0.1) is 11.8 Å². The lowest BCUT2D eigenvalue weighted by atomic mass is 9.82. The monoisotopic (exact) mass is 445 g/mol. The summed E-state index contributed by atoms with van der Waals surface area (Å²) in [5.74, 6) is -2.26. The Balaban J connectivity index is 1.55. The average Bonchev–Trinajstić information content (AvgIpc) is 2.74. The normalized spacial score (nSPS) is 17.9. The largest absolute Gasteiger partial charge is 0.481 e. The number of anilines is 2. The van der Waals surface area contributed by atoms with E-state index in [0.29, 0.717) is 29.4 Å². The van der Waals surface area contributed by atoms with E-state index in [1.165, 1.54) is 18.0 Å². The molecule has 0 radical (unpaired) electrons. The Bertz CT molecular complexity index is 965. The maximum absolute atomic E-state index is 12.6. The van der Waals surface area contributed by atoms with Crippen LogP contribution in [-0.2, 0) is 14.4 Å². The number of nitrogens with zero attached hydrogens (tertiary/aromatic N) is 1. The summed E-state index contributed by atoms with van der Waals surface area (Å²) in [6.45, 7) is 0. The topological polar surface area (TPSA) is 108 Å². The highest BCUT2D eigenvalue weighted by Crippen LogP contribution is 2.28. The standard InChI is InChI=1S/C21H20ClN3O4S/c22-13-8-9-18(23-11-13)25-19(26)12-30-15-5-3-4-14(10-15)24-20(27)16-6-1-2-7-17(16)21(28)29/h1-5,8-11,16-17H,6-7,12H2,(H,24,27)(H,28,29)(H,23,25,26). The van der Waals surface area contributed by atoms with Crippen LogP contribution in [0.5, 0.6) is 0 Å². The van der Waals surface area contributed by atoms with Crippen LogP contribution in [0.15, 0.2) is 59.6 Å². The van der Waals surface area contributed by atoms with Gasteiger partial charge in [-0.2, -0.15) is 0 Å². The molecule has 1 aromatic heterocycles. The number of pyridine rings is 1. The third kappa shape index (κ3) is 6.08. The highest BCUT2D eigenvalue weighted by atomic mass is 35.5. The first-order chi connectivity index (χ1) is 14.4. The maximum Gasteiger partial charge on any atom is 0.307 e. The summed E-state index contributed by atoms with van der Waals surface area (Å²) in [7, 11) is 0. The smallest absolute Gasteiger partial charge is 0.307 e. The fraction of sp³-hybridized carbons (Fsp3) is 0.238. The van der Waals surface area contributed by atoms with Gasteiger partial charge in [0.1, 0.15) is 5.82 Å². The lowest BCUT2D eigenvalue weighted by Gasteiger charge is -2.24. The number of nitrogens with one attached hydrogen (secondary N) is 2. The minimum absolute atomic E-state index is 0.163. The number of thioether (sulfide) groups is 1. The number of allylic oxidation sites excluding steroid dienone is 2. The van der Waals surface area contributed by atoms with Crippen LogP contribution in [0.4, 0.5) is 11.5 Å². The molecule has 7 nitrogen and oxygen atoms in total. The summed E-state index contributed by atoms with van der Waals surface area (Å²) < 4.78 is 0. The zero-order valence-corrected chi connectivity index (χ0v) is 17.4. The van der Waals surface area contributed by atoms with Crippen LogP contribution in [0.2, 0.25) is 5.02 Å². The zero-order valence-electron chi connectivity index (χ0n) is 15.9. The molecular formula is C21H20ClN3O4S. The predicted molar refractivity (Wildman–Crippen MR) is 117 cm³/mol. The molecule has 3 N–H and O–H groups in total. The van der Waals surface area contributed by atoms with Gasteiger partial charge in [0.15, 0.2) is 0 Å². The molecule has 0 aliphatic heterocycles. The van der Waals surface area contributed by atoms with Crippen LogP contribution in [0.25, 0.3) is 0 Å². The van der Waals surface area contributed by atoms with Gasteiger partial charge in [-0.1, -0.05) is 29.8 Å². The number of halogens is 1. The molecule has 1 aromatic carbocycles. The number of carbonyl (C=O) groups excluding carboxylic acids is 2. The van der Waals surface area contributed by atoms with Gasteiger partial charge in [0.05, 0.1) is 22.6 Å². The lowest BCUT2D eigenvalue weighted by molar-refractivity contribution is -0.146. The van der Waals surface area contributed by atoms with Crippen LogP contribution in [0.3, 0.4) is 0 Å². The molecule has 30 heavy (non-hydrogen) atoms. The van der Waals surface area contributed by atoms with Crippen LogP contribution >= 0.6 is 23.4 Å². The molecule has 1 heterocycles. The minimum Gasteiger partial charge on any atom is -0.481 e. The number of aromatic nitrogens is 1. The van der Waals surface area contributed by atoms with Gasteiger partial charge in [0.25, 0.3) is 0 Å². The number of carbonyl (C=O) groups is 3. The van der Waals surface area contributed by atoms with Gasteiger partial charge in [-0.15, -0.1) is 11.8 Å². The quantitative estimate of drug-likeness (QED) is 0.438. The number of hydrogen-bond donors (Lipinski definition) is 3. The van der Waals surface area contributed by atoms with Crippen molar-refractivity contribution in [2.45, 2.75) is 17.7 Å². The van der Waals surface area contributed by atoms with Gasteiger partial charge in [-0.25, -0.2) is 4.98 Å². The Labute approximate surface area is 182 Å². The third-order valence-corrected chi connectivity index (χ3v) is 5.77. The van der Waals surface area contributed by atoms with Crippen molar-refractivity contribution in [1.29, 1.82) is 0 Å². The minimum atomic E-state index is -0.968. The van der Waals surface area contributed by atoms with Crippen molar-refractivity contribution >= 4 is 52.7 Å². The van der Waals surface area contributed by atoms with Crippen LogP contribution < -0.4 is 10.6 Å². The highest BCUT2D eigenvalue weighted by molar-refractivity contribution is 8.00. The molecule has 2 unspecified atom stereocenters. The van der Waals surface area contributed by atoms with Gasteiger partial charge < -0.3 is 15.7 Å². The van der Waals surface area contributed by atoms with Crippen molar-refractivity contribution < 1.29 is 19.5 Å². The Kier molecular flexibility index (Phi) is 7.48. The summed E-state index contributed by atoms with van der Waals surface area (Å²) in [5, 5.41) is 15.3. The molecule has 2 aromatic rings. The van der Waals surface area contributed by atoms with E-state index in [2.05, 4.69) is 15.6 Å². The fourth-order valence-electron chi connectivity index (χ4n) is 3.05. The molecule has 0 saturated carbocycles. The molecule has 0 spiro atoms. The van der Waals surface area contributed by atoms with Crippen LogP contribution in [-0.4, -0.2) is 33.6 Å². The molecule has 0 bridgehead atoms. The van der Waals surface area contributed by atoms with Gasteiger partial charge in [-0.3, -0.25) is 14.4 Å². The van der Waals surface area contributed by atoms with Gasteiger partial charge in [0.2, 0.25) is 11.8 Å². The second-order valence-electron chi connectivity index (χ2n) is 6.71. The van der Waals surface area contributed by atoms with E-state index < -0.39 is 17.8 Å². The van der Waals surface area contributed by atoms with Crippen molar-refractivity contribution in [3.63, 3.8) is 0 Å². The van der Waals surface area contributed by atoms with Crippen molar-refractivity contribution in [3.05, 3.63) is 59.8 Å². The number of benzene rings is 1. The molecular weight excluding hydrogens is 426 g/mol. The number of carboxylic acid groups (broad SMARTS) is 1. The van der Waals surface area contributed by atoms with Crippen LogP contribution in [0.1, 0.15) is 12.8 Å². The second kappa shape index (κ2) is 10.3. The number of rotatable bonds is 7. The second-order valence-corrected chi connectivity index (χ2v) is 8.19. The Morgan fingerprint density at radius 2 is 1.87 bits per heavy atom. The van der Waals surface area contributed by atoms with E-state index in [-0.39, 0.29) is 17.6 Å². The number of aliphatic carboxylic acids is 1. The molecule has 0 saturated heterocycles. The molecule has 1 aliphatic rings. The third-order valence-electron chi connectivity index (χ3n) is 4.55. The van der Waals surface area contributed by atoms with Gasteiger partial charge >= 0.3 is 5.97 Å². The number of amides is 2. The van der Waals surface area contributed by atoms with E-state index in [1.807, 2.05) is 12.1 Å². The number of hydrogen-bond acceptors (Lipinski definition) is 5. The molecule has 3 rings (SSSR count). The first-order valence-corrected chi connectivity index (χ1v) is 10.6. The highest BCUT2D eigenvalue weighted by Gasteiger charge is 2.33. The molecule has 2 amide bonds. The predicted octanol–water partition coefficient (Wildman–Crippen LogP) is 4.07. The van der Waals surface area contributed by atoms with E-state index in [9.17, 15) is 19.5 Å². The van der Waals surface area contributed by atoms with Crippen molar-refractivity contribution in [2.75, 3.05) is 16.4 Å². The molecule has 156 valence electrons. The fourth-order valence-corrected chi connectivity index (χ4v) is 3.92. The first kappa shape index (κ1) is 21.9. The SMILES string of the molecule is O=C(CSc1cccc(NC(=O)C2CC=CCC2C(=O)O)c1)Nc1ccc(Cl)cn1. The molecule has 2 atom stereocenters. The number of carboxylic acids is 1. The lowest BCUT2D eigenvalue weighted by Crippen LogP contribution is -2.34. The average molecular weight is 446 g/mol. The van der Waals surface area contributed by atoms with Gasteiger partial charge in [0, 0.05) is 16.8 Å². The van der Waals surface area contributed by atoms with Crippen molar-refractivity contribution in [1.82, 2.24) is 4.98 Å². The maximum atomic E-state index is 12.6. The molecule has 0 fully saturated rings. The molecule has 9 heteroatoms. The summed E-state index contributed by atoms with van der Waals surface area (Å²) >= 11 is 7.08. The summed E-state index contributed by atoms with van der Waals surface area (Å²) in [6.07, 6.45) is 5.83. The Morgan fingerprint density at radius 1 is 1.10 bits per heavy atom. The van der Waals surface area contributed by atoms with E-state index in [1.54, 1.807) is 36.4 Å². The van der Waals surface area contributed by atoms with Crippen molar-refractivity contribution in [3.8, 4) is 0 Å². The Hall–Kier alpha value is -2.84. The Morgan fingerprint density at radius 3 is 2.57 bits per heavy atom. The molecule has 1 aliphatic carbocycles. The first-order valence-electron chi connectivity index (χ1n) is 9.25. The zero-order chi connectivity index (χ0) is 21.5. The van der Waals surface area contributed by atoms with Crippen molar-refractivity contribution in [2.24, 2.45) is 11.8 Å². The van der Waals surface area contributed by atoms with E-state index >= 15 is 0 Å². The summed E-state index contributed by atoms with van der Waals surface area (Å²) in [4.78, 5) is 40.9. The summed E-state index contributed by atoms with van der Waals surface area (Å²) in [5.41, 5.74) is 0.559.